The molecule has 0 bridgehead atoms. The number of hydrogen-bond donors (Lipinski definition) is 1. The summed E-state index contributed by atoms with van der Waals surface area (Å²) in [5.41, 5.74) is 1.22. The van der Waals surface area contributed by atoms with Crippen LogP contribution in [-0.2, 0) is 24.4 Å². The SMILES string of the molecule is CC(C)Cn1cnc2c1c(=O)n(CC(=O)NCCC1=CCCCC1)c(=O)n2CC(C)C. The fraction of sp³-hybridized carbons (Fsp3) is 0.652. The van der Waals surface area contributed by atoms with Gasteiger partial charge in [0.05, 0.1) is 6.33 Å². The number of nitrogens with zero attached hydrogens (tertiary/aromatic N) is 4. The van der Waals surface area contributed by atoms with E-state index >= 15 is 0 Å². The number of carbonyl (C=O) groups excluding carboxylic acids is 1. The zero-order chi connectivity index (χ0) is 22.5. The third-order valence-electron chi connectivity index (χ3n) is 5.55. The van der Waals surface area contributed by atoms with Crippen molar-refractivity contribution in [2.45, 2.75) is 79.4 Å². The van der Waals surface area contributed by atoms with Gasteiger partial charge >= 0.3 is 5.69 Å². The molecule has 0 fully saturated rings. The summed E-state index contributed by atoms with van der Waals surface area (Å²) in [5, 5.41) is 2.87. The molecule has 0 unspecified atom stereocenters. The first-order chi connectivity index (χ1) is 14.8. The van der Waals surface area contributed by atoms with Gasteiger partial charge in [0, 0.05) is 19.6 Å². The average molecular weight is 430 g/mol. The second kappa shape index (κ2) is 10.1. The molecular weight excluding hydrogens is 394 g/mol. The smallest absolute Gasteiger partial charge is 0.333 e. The van der Waals surface area contributed by atoms with Gasteiger partial charge in [0.15, 0.2) is 11.2 Å². The summed E-state index contributed by atoms with van der Waals surface area (Å²) in [4.78, 5) is 43.3. The fourth-order valence-electron chi connectivity index (χ4n) is 4.13. The summed E-state index contributed by atoms with van der Waals surface area (Å²) in [5.74, 6) is 0.189. The fourth-order valence-corrected chi connectivity index (χ4v) is 4.13. The van der Waals surface area contributed by atoms with Gasteiger partial charge < -0.3 is 9.88 Å². The van der Waals surface area contributed by atoms with E-state index in [0.717, 1.165) is 23.8 Å². The van der Waals surface area contributed by atoms with Gasteiger partial charge in [-0.2, -0.15) is 0 Å². The predicted octanol–water partition coefficient (Wildman–Crippen LogP) is 2.68. The molecule has 1 N–H and O–H groups in total. The minimum atomic E-state index is -0.480. The number of imidazole rings is 1. The maximum Gasteiger partial charge on any atom is 0.333 e. The van der Waals surface area contributed by atoms with Crippen molar-refractivity contribution in [3.8, 4) is 0 Å². The summed E-state index contributed by atoms with van der Waals surface area (Å²) in [6.45, 7) is 9.42. The predicted molar refractivity (Wildman–Crippen MR) is 122 cm³/mol. The van der Waals surface area contributed by atoms with Crippen LogP contribution in [0, 0.1) is 11.8 Å². The Morgan fingerprint density at radius 3 is 2.48 bits per heavy atom. The first-order valence-electron chi connectivity index (χ1n) is 11.4. The number of rotatable bonds is 9. The number of fused-ring (bicyclic) bond motifs is 1. The molecule has 1 aliphatic rings. The highest BCUT2D eigenvalue weighted by Gasteiger charge is 2.20. The third-order valence-corrected chi connectivity index (χ3v) is 5.55. The number of carbonyl (C=O) groups is 1. The molecule has 1 amide bonds. The molecule has 1 aliphatic carbocycles. The van der Waals surface area contributed by atoms with Gasteiger partial charge in [-0.25, -0.2) is 14.3 Å². The van der Waals surface area contributed by atoms with E-state index in [1.165, 1.54) is 23.0 Å². The molecule has 0 radical (unpaired) electrons. The van der Waals surface area contributed by atoms with E-state index in [9.17, 15) is 14.4 Å². The lowest BCUT2D eigenvalue weighted by molar-refractivity contribution is -0.121. The third kappa shape index (κ3) is 5.54. The van der Waals surface area contributed by atoms with E-state index in [2.05, 4.69) is 30.2 Å². The van der Waals surface area contributed by atoms with Crippen LogP contribution in [0.1, 0.15) is 59.8 Å². The van der Waals surface area contributed by atoms with Crippen molar-refractivity contribution in [3.05, 3.63) is 38.8 Å². The zero-order valence-electron chi connectivity index (χ0n) is 19.2. The van der Waals surface area contributed by atoms with E-state index in [4.69, 9.17) is 0 Å². The maximum atomic E-state index is 13.2. The highest BCUT2D eigenvalue weighted by molar-refractivity contribution is 5.76. The molecule has 8 heteroatoms. The number of nitrogens with one attached hydrogen (secondary N) is 1. The molecule has 2 aromatic heterocycles. The van der Waals surface area contributed by atoms with E-state index < -0.39 is 11.2 Å². The molecule has 170 valence electrons. The minimum Gasteiger partial charge on any atom is -0.354 e. The van der Waals surface area contributed by atoms with Gasteiger partial charge in [0.2, 0.25) is 5.91 Å². The molecule has 0 atom stereocenters. The second-order valence-electron chi connectivity index (χ2n) is 9.35. The van der Waals surface area contributed by atoms with Gasteiger partial charge in [-0.1, -0.05) is 39.3 Å². The van der Waals surface area contributed by atoms with Gasteiger partial charge in [0.25, 0.3) is 5.56 Å². The molecular formula is C23H35N5O3. The van der Waals surface area contributed by atoms with Gasteiger partial charge in [-0.3, -0.25) is 14.2 Å². The lowest BCUT2D eigenvalue weighted by Gasteiger charge is -2.15. The van der Waals surface area contributed by atoms with Crippen LogP contribution in [0.3, 0.4) is 0 Å². The minimum absolute atomic E-state index is 0.194. The monoisotopic (exact) mass is 429 g/mol. The molecule has 0 saturated heterocycles. The molecule has 3 rings (SSSR count). The van der Waals surface area contributed by atoms with Crippen LogP contribution in [0.4, 0.5) is 0 Å². The number of hydrogen-bond acceptors (Lipinski definition) is 4. The lowest BCUT2D eigenvalue weighted by Crippen LogP contribution is -2.44. The molecule has 0 aliphatic heterocycles. The van der Waals surface area contributed by atoms with Crippen molar-refractivity contribution in [2.24, 2.45) is 11.8 Å². The lowest BCUT2D eigenvalue weighted by atomic mass is 9.97. The van der Waals surface area contributed by atoms with Crippen molar-refractivity contribution in [2.75, 3.05) is 6.54 Å². The molecule has 2 aromatic rings. The standard InChI is InChI=1S/C23H35N5O3/c1-16(2)12-26-15-25-21-20(26)22(30)28(23(31)27(21)13-17(3)4)14-19(29)24-11-10-18-8-6-5-7-9-18/h8,15-17H,5-7,9-14H2,1-4H3,(H,24,29). The topological polar surface area (TPSA) is 90.9 Å². The Labute approximate surface area is 183 Å². The van der Waals surface area contributed by atoms with Crippen LogP contribution in [0.5, 0.6) is 0 Å². The van der Waals surface area contributed by atoms with Gasteiger partial charge in [0.1, 0.15) is 6.54 Å². The highest BCUT2D eigenvalue weighted by Crippen LogP contribution is 2.19. The summed E-state index contributed by atoms with van der Waals surface area (Å²) in [7, 11) is 0. The largest absolute Gasteiger partial charge is 0.354 e. The Hall–Kier alpha value is -2.64. The van der Waals surface area contributed by atoms with E-state index in [0.29, 0.717) is 36.7 Å². The van der Waals surface area contributed by atoms with E-state index in [1.54, 1.807) is 10.9 Å². The van der Waals surface area contributed by atoms with Crippen LogP contribution in [-0.4, -0.2) is 31.1 Å². The molecule has 31 heavy (non-hydrogen) atoms. The van der Waals surface area contributed by atoms with Crippen molar-refractivity contribution < 1.29 is 4.79 Å². The van der Waals surface area contributed by atoms with E-state index in [1.807, 2.05) is 13.8 Å². The van der Waals surface area contributed by atoms with Crippen molar-refractivity contribution in [1.29, 1.82) is 0 Å². The maximum absolute atomic E-state index is 13.2. The number of aromatic nitrogens is 4. The zero-order valence-corrected chi connectivity index (χ0v) is 19.2. The molecule has 8 nitrogen and oxygen atoms in total. The Bertz CT molecular complexity index is 1070. The number of amides is 1. The summed E-state index contributed by atoms with van der Waals surface area (Å²) in [6.07, 6.45) is 9.33. The molecule has 0 saturated carbocycles. The highest BCUT2D eigenvalue weighted by atomic mass is 16.2. The van der Waals surface area contributed by atoms with Crippen LogP contribution >= 0.6 is 0 Å². The first-order valence-corrected chi connectivity index (χ1v) is 11.4. The van der Waals surface area contributed by atoms with Crippen molar-refractivity contribution >= 4 is 17.1 Å². The quantitative estimate of drug-likeness (QED) is 0.621. The Kier molecular flexibility index (Phi) is 7.51. The summed E-state index contributed by atoms with van der Waals surface area (Å²) < 4.78 is 4.37. The van der Waals surface area contributed by atoms with Gasteiger partial charge in [-0.15, -0.1) is 0 Å². The van der Waals surface area contributed by atoms with Gasteiger partial charge in [-0.05, 0) is 43.9 Å². The van der Waals surface area contributed by atoms with Crippen molar-refractivity contribution in [3.63, 3.8) is 0 Å². The Morgan fingerprint density at radius 2 is 1.84 bits per heavy atom. The van der Waals surface area contributed by atoms with Crippen molar-refractivity contribution in [1.82, 2.24) is 24.0 Å². The molecule has 0 aromatic carbocycles. The Morgan fingerprint density at radius 1 is 1.10 bits per heavy atom. The van der Waals surface area contributed by atoms with Crippen LogP contribution in [0.15, 0.2) is 27.6 Å². The second-order valence-corrected chi connectivity index (χ2v) is 9.35. The summed E-state index contributed by atoms with van der Waals surface area (Å²) in [6, 6.07) is 0. The van der Waals surface area contributed by atoms with E-state index in [-0.39, 0.29) is 18.4 Å². The van der Waals surface area contributed by atoms with Crippen LogP contribution in [0.2, 0.25) is 0 Å². The van der Waals surface area contributed by atoms with Crippen LogP contribution < -0.4 is 16.6 Å². The molecule has 2 heterocycles. The average Bonchev–Trinajstić information content (AvgIpc) is 3.12. The number of allylic oxidation sites excluding steroid dienone is 1. The summed E-state index contributed by atoms with van der Waals surface area (Å²) >= 11 is 0. The molecule has 0 spiro atoms. The van der Waals surface area contributed by atoms with Crippen LogP contribution in [0.25, 0.3) is 11.2 Å². The first kappa shape index (κ1) is 23.0. The normalized spacial score (nSPS) is 14.5. The Balaban J connectivity index is 1.87.